The van der Waals surface area contributed by atoms with E-state index in [0.717, 1.165) is 11.1 Å². The highest BCUT2D eigenvalue weighted by Gasteiger charge is 2.19. The van der Waals surface area contributed by atoms with Crippen molar-refractivity contribution >= 4 is 17.3 Å². The first kappa shape index (κ1) is 13.8. The first-order chi connectivity index (χ1) is 8.79. The van der Waals surface area contributed by atoms with E-state index in [9.17, 15) is 9.50 Å². The van der Waals surface area contributed by atoms with Crippen molar-refractivity contribution in [3.8, 4) is 11.1 Å². The van der Waals surface area contributed by atoms with Gasteiger partial charge in [-0.1, -0.05) is 23.7 Å². The zero-order chi connectivity index (χ0) is 14.2. The van der Waals surface area contributed by atoms with Gasteiger partial charge >= 0.3 is 0 Å². The molecule has 100 valence electrons. The van der Waals surface area contributed by atoms with Gasteiger partial charge in [0.25, 0.3) is 0 Å². The molecule has 0 saturated carbocycles. The lowest BCUT2D eigenvalue weighted by molar-refractivity contribution is 0.0794. The van der Waals surface area contributed by atoms with Crippen molar-refractivity contribution in [3.05, 3.63) is 52.8 Å². The molecule has 2 nitrogen and oxygen atoms in total. The highest BCUT2D eigenvalue weighted by atomic mass is 35.5. The number of benzene rings is 2. The molecule has 0 spiro atoms. The molecular weight excluding hydrogens is 265 g/mol. The minimum absolute atomic E-state index is 0.0686. The number of nitrogen functional groups attached to an aromatic ring is 1. The fraction of sp³-hybridized carbons (Fsp3) is 0.200. The van der Waals surface area contributed by atoms with Gasteiger partial charge in [-0.15, -0.1) is 0 Å². The smallest absolute Gasteiger partial charge is 0.141 e. The molecule has 0 unspecified atom stereocenters. The molecule has 0 aliphatic rings. The zero-order valence-corrected chi connectivity index (χ0v) is 11.5. The van der Waals surface area contributed by atoms with Crippen LogP contribution in [0.3, 0.4) is 0 Å². The Balaban J connectivity index is 2.54. The summed E-state index contributed by atoms with van der Waals surface area (Å²) < 4.78 is 13.2. The largest absolute Gasteiger partial charge is 0.398 e. The van der Waals surface area contributed by atoms with E-state index >= 15 is 0 Å². The van der Waals surface area contributed by atoms with Gasteiger partial charge < -0.3 is 10.8 Å². The van der Waals surface area contributed by atoms with Crippen molar-refractivity contribution in [1.29, 1.82) is 0 Å². The average Bonchev–Trinajstić information content (AvgIpc) is 2.32. The standard InChI is InChI=1S/C15H15ClFNO/c1-15(2,19)11-7-9(4-6-14(11)18)10-3-5-13(17)12(16)8-10/h3-8,19H,18H2,1-2H3. The van der Waals surface area contributed by atoms with Crippen LogP contribution in [-0.4, -0.2) is 5.11 Å². The van der Waals surface area contributed by atoms with Gasteiger partial charge in [0.15, 0.2) is 0 Å². The Labute approximate surface area is 116 Å². The minimum Gasteiger partial charge on any atom is -0.398 e. The number of nitrogens with two attached hydrogens (primary N) is 1. The SMILES string of the molecule is CC(C)(O)c1cc(-c2ccc(F)c(Cl)c2)ccc1N. The van der Waals surface area contributed by atoms with E-state index in [4.69, 9.17) is 17.3 Å². The molecule has 0 heterocycles. The van der Waals surface area contributed by atoms with Gasteiger partial charge in [-0.3, -0.25) is 0 Å². The lowest BCUT2D eigenvalue weighted by Gasteiger charge is -2.21. The molecule has 2 aromatic carbocycles. The highest BCUT2D eigenvalue weighted by Crippen LogP contribution is 2.32. The van der Waals surface area contributed by atoms with Crippen LogP contribution in [0.25, 0.3) is 11.1 Å². The number of anilines is 1. The van der Waals surface area contributed by atoms with Crippen molar-refractivity contribution in [2.24, 2.45) is 0 Å². The van der Waals surface area contributed by atoms with Crippen LogP contribution in [0, 0.1) is 5.82 Å². The maximum absolute atomic E-state index is 13.2. The van der Waals surface area contributed by atoms with E-state index in [1.165, 1.54) is 6.07 Å². The van der Waals surface area contributed by atoms with Gasteiger partial charge in [0.2, 0.25) is 0 Å². The fourth-order valence-electron chi connectivity index (χ4n) is 1.94. The maximum Gasteiger partial charge on any atom is 0.141 e. The summed E-state index contributed by atoms with van der Waals surface area (Å²) in [5, 5.41) is 10.1. The van der Waals surface area contributed by atoms with Crippen molar-refractivity contribution in [1.82, 2.24) is 0 Å². The molecule has 0 bridgehead atoms. The molecule has 19 heavy (non-hydrogen) atoms. The molecule has 0 fully saturated rings. The van der Waals surface area contributed by atoms with Crippen LogP contribution in [0.2, 0.25) is 5.02 Å². The molecule has 0 aromatic heterocycles. The lowest BCUT2D eigenvalue weighted by Crippen LogP contribution is -2.17. The second-order valence-corrected chi connectivity index (χ2v) is 5.40. The van der Waals surface area contributed by atoms with E-state index in [2.05, 4.69) is 0 Å². The Hall–Kier alpha value is -1.58. The van der Waals surface area contributed by atoms with Gasteiger partial charge in [0, 0.05) is 11.3 Å². The van der Waals surface area contributed by atoms with Gasteiger partial charge in [-0.05, 0) is 49.2 Å². The van der Waals surface area contributed by atoms with Crippen molar-refractivity contribution in [3.63, 3.8) is 0 Å². The van der Waals surface area contributed by atoms with E-state index in [-0.39, 0.29) is 5.02 Å². The molecule has 0 aliphatic heterocycles. The number of rotatable bonds is 2. The highest BCUT2D eigenvalue weighted by molar-refractivity contribution is 6.31. The number of hydrogen-bond donors (Lipinski definition) is 2. The molecule has 0 radical (unpaired) electrons. The first-order valence-electron chi connectivity index (χ1n) is 5.87. The van der Waals surface area contributed by atoms with Crippen molar-refractivity contribution in [2.75, 3.05) is 5.73 Å². The third-order valence-corrected chi connectivity index (χ3v) is 3.26. The number of aliphatic hydroxyl groups is 1. The van der Waals surface area contributed by atoms with Crippen LogP contribution < -0.4 is 5.73 Å². The van der Waals surface area contributed by atoms with Gasteiger partial charge in [0.05, 0.1) is 10.6 Å². The van der Waals surface area contributed by atoms with E-state index in [1.807, 2.05) is 6.07 Å². The van der Waals surface area contributed by atoms with E-state index in [0.29, 0.717) is 11.3 Å². The molecule has 0 amide bonds. The maximum atomic E-state index is 13.2. The Bertz CT molecular complexity index is 620. The summed E-state index contributed by atoms with van der Waals surface area (Å²) in [6.45, 7) is 3.33. The summed E-state index contributed by atoms with van der Waals surface area (Å²) in [5.41, 5.74) is 7.57. The van der Waals surface area contributed by atoms with Crippen molar-refractivity contribution in [2.45, 2.75) is 19.4 Å². The summed E-state index contributed by atoms with van der Waals surface area (Å²) in [5.74, 6) is -0.455. The van der Waals surface area contributed by atoms with Crippen LogP contribution in [0.5, 0.6) is 0 Å². The van der Waals surface area contributed by atoms with Crippen LogP contribution >= 0.6 is 11.6 Å². The molecule has 4 heteroatoms. The third-order valence-electron chi connectivity index (χ3n) is 2.97. The Morgan fingerprint density at radius 2 is 1.68 bits per heavy atom. The van der Waals surface area contributed by atoms with Crippen LogP contribution in [0.15, 0.2) is 36.4 Å². The number of halogens is 2. The fourth-order valence-corrected chi connectivity index (χ4v) is 2.12. The van der Waals surface area contributed by atoms with Crippen LogP contribution in [-0.2, 0) is 5.60 Å². The van der Waals surface area contributed by atoms with Gasteiger partial charge in [0.1, 0.15) is 5.82 Å². The van der Waals surface area contributed by atoms with Crippen LogP contribution in [0.4, 0.5) is 10.1 Å². The van der Waals surface area contributed by atoms with Gasteiger partial charge in [-0.25, -0.2) is 4.39 Å². The Kier molecular flexibility index (Phi) is 3.52. The lowest BCUT2D eigenvalue weighted by atomic mass is 9.92. The second-order valence-electron chi connectivity index (χ2n) is 4.99. The number of hydrogen-bond acceptors (Lipinski definition) is 2. The van der Waals surface area contributed by atoms with E-state index < -0.39 is 11.4 Å². The molecule has 0 aliphatic carbocycles. The second kappa shape index (κ2) is 4.83. The monoisotopic (exact) mass is 279 g/mol. The molecule has 3 N–H and O–H groups in total. The molecular formula is C15H15ClFNO. The Morgan fingerprint density at radius 3 is 2.26 bits per heavy atom. The molecule has 2 rings (SSSR count). The minimum atomic E-state index is -1.04. The molecule has 0 saturated heterocycles. The van der Waals surface area contributed by atoms with E-state index in [1.54, 1.807) is 38.1 Å². The van der Waals surface area contributed by atoms with Gasteiger partial charge in [-0.2, -0.15) is 0 Å². The van der Waals surface area contributed by atoms with Crippen molar-refractivity contribution < 1.29 is 9.50 Å². The first-order valence-corrected chi connectivity index (χ1v) is 6.24. The van der Waals surface area contributed by atoms with Crippen LogP contribution in [0.1, 0.15) is 19.4 Å². The zero-order valence-electron chi connectivity index (χ0n) is 10.7. The average molecular weight is 280 g/mol. The Morgan fingerprint density at radius 1 is 1.11 bits per heavy atom. The summed E-state index contributed by atoms with van der Waals surface area (Å²) in [7, 11) is 0. The predicted molar refractivity (Wildman–Crippen MR) is 76.5 cm³/mol. The summed E-state index contributed by atoms with van der Waals surface area (Å²) in [4.78, 5) is 0. The topological polar surface area (TPSA) is 46.2 Å². The predicted octanol–water partition coefficient (Wildman–Crippen LogP) is 3.96. The third kappa shape index (κ3) is 2.88. The summed E-state index contributed by atoms with van der Waals surface area (Å²) >= 11 is 5.78. The summed E-state index contributed by atoms with van der Waals surface area (Å²) in [6, 6.07) is 9.84. The molecule has 0 atom stereocenters. The summed E-state index contributed by atoms with van der Waals surface area (Å²) in [6.07, 6.45) is 0. The normalized spacial score (nSPS) is 11.6. The molecule has 2 aromatic rings. The quantitative estimate of drug-likeness (QED) is 0.818.